The van der Waals surface area contributed by atoms with E-state index in [1.54, 1.807) is 31.3 Å². The van der Waals surface area contributed by atoms with Gasteiger partial charge in [-0.05, 0) is 11.1 Å². The van der Waals surface area contributed by atoms with E-state index in [2.05, 4.69) is 15.0 Å². The molecule has 1 aromatic carbocycles. The van der Waals surface area contributed by atoms with Crippen LogP contribution in [0.1, 0.15) is 11.1 Å². The van der Waals surface area contributed by atoms with E-state index in [0.717, 1.165) is 5.56 Å². The van der Waals surface area contributed by atoms with Crippen LogP contribution in [0.5, 0.6) is 0 Å². The minimum atomic E-state index is -4.29. The highest BCUT2D eigenvalue weighted by Gasteiger charge is 2.27. The van der Waals surface area contributed by atoms with Gasteiger partial charge in [0.1, 0.15) is 6.61 Å². The van der Waals surface area contributed by atoms with E-state index in [1.807, 2.05) is 0 Å². The summed E-state index contributed by atoms with van der Waals surface area (Å²) in [5.41, 5.74) is 7.10. The van der Waals surface area contributed by atoms with Gasteiger partial charge in [0.2, 0.25) is 0 Å². The Morgan fingerprint density at radius 1 is 1.25 bits per heavy atom. The molecule has 8 heteroatoms. The lowest BCUT2D eigenvalue weighted by Crippen LogP contribution is -2.30. The topological polar surface area (TPSA) is 59.6 Å². The number of nitrogens with zero attached hydrogens (tertiary/aromatic N) is 1. The third-order valence-corrected chi connectivity index (χ3v) is 2.27. The molecule has 0 atom stereocenters. The van der Waals surface area contributed by atoms with E-state index >= 15 is 0 Å². The maximum atomic E-state index is 11.9. The SMILES string of the molecule is Br.CN=C(N)NCc1ccc(COCC(F)(F)F)cc1. The molecule has 114 valence electrons. The second kappa shape index (κ2) is 8.80. The standard InChI is InChI=1S/C12H16F3N3O.BrH/c1-17-11(16)18-6-9-2-4-10(5-3-9)7-19-8-12(13,14)15;/h2-5H,6-8H2,1H3,(H3,16,17,18);1H. The predicted molar refractivity (Wildman–Crippen MR) is 76.9 cm³/mol. The molecule has 20 heavy (non-hydrogen) atoms. The zero-order valence-corrected chi connectivity index (χ0v) is 12.6. The summed E-state index contributed by atoms with van der Waals surface area (Å²) < 4.78 is 40.2. The number of hydrogen-bond donors (Lipinski definition) is 2. The first-order chi connectivity index (χ1) is 8.90. The molecule has 0 aromatic heterocycles. The van der Waals surface area contributed by atoms with Crippen molar-refractivity contribution in [2.24, 2.45) is 10.7 Å². The number of ether oxygens (including phenoxy) is 1. The molecule has 0 bridgehead atoms. The molecule has 0 saturated heterocycles. The first-order valence-electron chi connectivity index (χ1n) is 5.59. The molecule has 3 N–H and O–H groups in total. The van der Waals surface area contributed by atoms with Crippen molar-refractivity contribution >= 4 is 22.9 Å². The van der Waals surface area contributed by atoms with Crippen molar-refractivity contribution in [1.29, 1.82) is 0 Å². The average Bonchev–Trinajstić information content (AvgIpc) is 2.36. The van der Waals surface area contributed by atoms with Crippen LogP contribution in [0.3, 0.4) is 0 Å². The Bertz CT molecular complexity index is 421. The molecular weight excluding hydrogens is 339 g/mol. The second-order valence-corrected chi connectivity index (χ2v) is 3.89. The Labute approximate surface area is 126 Å². The number of rotatable bonds is 5. The lowest BCUT2D eigenvalue weighted by atomic mass is 10.1. The van der Waals surface area contributed by atoms with Crippen molar-refractivity contribution in [3.8, 4) is 0 Å². The van der Waals surface area contributed by atoms with Crippen LogP contribution in [-0.2, 0) is 17.9 Å². The number of alkyl halides is 3. The molecule has 1 aromatic rings. The van der Waals surface area contributed by atoms with E-state index in [4.69, 9.17) is 5.73 Å². The molecule has 0 heterocycles. The third-order valence-electron chi connectivity index (χ3n) is 2.27. The van der Waals surface area contributed by atoms with Gasteiger partial charge >= 0.3 is 6.18 Å². The number of aliphatic imine (C=N–C) groups is 1. The Kier molecular flexibility index (Phi) is 8.24. The molecule has 0 saturated carbocycles. The van der Waals surface area contributed by atoms with E-state index < -0.39 is 12.8 Å². The fourth-order valence-electron chi connectivity index (χ4n) is 1.31. The molecule has 0 aliphatic rings. The number of hydrogen-bond acceptors (Lipinski definition) is 2. The van der Waals surface area contributed by atoms with E-state index in [1.165, 1.54) is 0 Å². The zero-order valence-electron chi connectivity index (χ0n) is 10.9. The van der Waals surface area contributed by atoms with E-state index in [-0.39, 0.29) is 23.6 Å². The molecule has 0 spiro atoms. The van der Waals surface area contributed by atoms with Crippen LogP contribution in [0.15, 0.2) is 29.3 Å². The van der Waals surface area contributed by atoms with Crippen molar-refractivity contribution in [1.82, 2.24) is 5.32 Å². The third kappa shape index (κ3) is 8.00. The van der Waals surface area contributed by atoms with E-state index in [9.17, 15) is 13.2 Å². The minimum Gasteiger partial charge on any atom is -0.370 e. The Morgan fingerprint density at radius 3 is 2.30 bits per heavy atom. The molecule has 4 nitrogen and oxygen atoms in total. The van der Waals surface area contributed by atoms with Crippen LogP contribution in [0.4, 0.5) is 13.2 Å². The van der Waals surface area contributed by atoms with Gasteiger partial charge in [0.15, 0.2) is 5.96 Å². The highest BCUT2D eigenvalue weighted by Crippen LogP contribution is 2.15. The van der Waals surface area contributed by atoms with E-state index in [0.29, 0.717) is 18.1 Å². The van der Waals surface area contributed by atoms with Crippen molar-refractivity contribution in [3.63, 3.8) is 0 Å². The lowest BCUT2D eigenvalue weighted by molar-refractivity contribution is -0.176. The zero-order chi connectivity index (χ0) is 14.3. The van der Waals surface area contributed by atoms with Gasteiger partial charge in [0.05, 0.1) is 6.61 Å². The van der Waals surface area contributed by atoms with Crippen LogP contribution in [0.2, 0.25) is 0 Å². The molecule has 0 fully saturated rings. The van der Waals surface area contributed by atoms with Crippen molar-refractivity contribution < 1.29 is 17.9 Å². The summed E-state index contributed by atoms with van der Waals surface area (Å²) in [5.74, 6) is 0.331. The van der Waals surface area contributed by atoms with Gasteiger partial charge in [-0.2, -0.15) is 13.2 Å². The fraction of sp³-hybridized carbons (Fsp3) is 0.417. The van der Waals surface area contributed by atoms with Gasteiger partial charge in [0, 0.05) is 13.6 Å². The number of benzene rings is 1. The summed E-state index contributed by atoms with van der Waals surface area (Å²) in [6, 6.07) is 7.02. The summed E-state index contributed by atoms with van der Waals surface area (Å²) in [6.07, 6.45) is -4.29. The predicted octanol–water partition coefficient (Wildman–Crippen LogP) is 2.38. The molecule has 0 unspecified atom stereocenters. The van der Waals surface area contributed by atoms with Gasteiger partial charge in [-0.25, -0.2) is 0 Å². The Morgan fingerprint density at radius 2 is 1.80 bits per heavy atom. The van der Waals surface area contributed by atoms with Crippen LogP contribution >= 0.6 is 17.0 Å². The first-order valence-corrected chi connectivity index (χ1v) is 5.59. The summed E-state index contributed by atoms with van der Waals surface area (Å²) in [4.78, 5) is 3.74. The monoisotopic (exact) mass is 355 g/mol. The summed E-state index contributed by atoms with van der Waals surface area (Å²) >= 11 is 0. The van der Waals surface area contributed by atoms with Crippen LogP contribution in [0.25, 0.3) is 0 Å². The van der Waals surface area contributed by atoms with Crippen molar-refractivity contribution in [2.75, 3.05) is 13.7 Å². The summed E-state index contributed by atoms with van der Waals surface area (Å²) in [5, 5.41) is 2.88. The van der Waals surface area contributed by atoms with Crippen molar-refractivity contribution in [2.45, 2.75) is 19.3 Å². The highest BCUT2D eigenvalue weighted by molar-refractivity contribution is 8.93. The molecule has 0 radical (unpaired) electrons. The van der Waals surface area contributed by atoms with Crippen LogP contribution in [-0.4, -0.2) is 25.8 Å². The van der Waals surface area contributed by atoms with Gasteiger partial charge in [-0.1, -0.05) is 24.3 Å². The molecule has 0 amide bonds. The molecular formula is C12H17BrF3N3O. The minimum absolute atomic E-state index is 0. The van der Waals surface area contributed by atoms with Gasteiger partial charge in [0.25, 0.3) is 0 Å². The fourth-order valence-corrected chi connectivity index (χ4v) is 1.31. The van der Waals surface area contributed by atoms with Crippen LogP contribution in [0, 0.1) is 0 Å². The maximum absolute atomic E-state index is 11.9. The largest absolute Gasteiger partial charge is 0.411 e. The summed E-state index contributed by atoms with van der Waals surface area (Å²) in [7, 11) is 1.57. The number of guanidine groups is 1. The smallest absolute Gasteiger partial charge is 0.370 e. The van der Waals surface area contributed by atoms with Gasteiger partial charge < -0.3 is 15.8 Å². The normalized spacial score (nSPS) is 11.9. The average molecular weight is 356 g/mol. The molecule has 1 rings (SSSR count). The Balaban J connectivity index is 0.00000361. The number of halogens is 4. The molecule has 0 aliphatic heterocycles. The van der Waals surface area contributed by atoms with Crippen molar-refractivity contribution in [3.05, 3.63) is 35.4 Å². The summed E-state index contributed by atoms with van der Waals surface area (Å²) in [6.45, 7) is -0.793. The second-order valence-electron chi connectivity index (χ2n) is 3.89. The van der Waals surface area contributed by atoms with Gasteiger partial charge in [-0.15, -0.1) is 17.0 Å². The highest BCUT2D eigenvalue weighted by atomic mass is 79.9. The first kappa shape index (κ1) is 18.7. The van der Waals surface area contributed by atoms with Gasteiger partial charge in [-0.3, -0.25) is 4.99 Å². The maximum Gasteiger partial charge on any atom is 0.411 e. The molecule has 0 aliphatic carbocycles. The number of nitrogens with two attached hydrogens (primary N) is 1. The number of nitrogens with one attached hydrogen (secondary N) is 1. The van der Waals surface area contributed by atoms with Crippen LogP contribution < -0.4 is 11.1 Å². The Hall–Kier alpha value is -1.28. The lowest BCUT2D eigenvalue weighted by Gasteiger charge is -2.08. The quantitative estimate of drug-likeness (QED) is 0.629.